The maximum atomic E-state index is 11.9. The smallest absolute Gasteiger partial charge is 0.240 e. The molecule has 5 nitrogen and oxygen atoms in total. The molecular weight excluding hydrogens is 278 g/mol. The number of sulfonamides is 1. The van der Waals surface area contributed by atoms with Gasteiger partial charge in [0.05, 0.1) is 11.5 Å². The van der Waals surface area contributed by atoms with Gasteiger partial charge in [0.1, 0.15) is 0 Å². The quantitative estimate of drug-likeness (QED) is 0.559. The Morgan fingerprint density at radius 2 is 1.90 bits per heavy atom. The molecule has 0 amide bonds. The van der Waals surface area contributed by atoms with Crippen molar-refractivity contribution in [1.82, 2.24) is 4.72 Å². The first-order valence-corrected chi connectivity index (χ1v) is 8.11. The number of hydrogen-bond acceptors (Lipinski definition) is 4. The molecule has 0 aromatic heterocycles. The maximum absolute atomic E-state index is 11.9. The van der Waals surface area contributed by atoms with Gasteiger partial charge in [-0.05, 0) is 18.6 Å². The number of methoxy groups -OCH3 is 1. The fraction of sp³-hybridized carbons (Fsp3) is 0.500. The molecule has 20 heavy (non-hydrogen) atoms. The third-order valence-corrected chi connectivity index (χ3v) is 4.32. The molecule has 0 atom stereocenters. The molecule has 0 spiro atoms. The van der Waals surface area contributed by atoms with E-state index >= 15 is 0 Å². The zero-order chi connectivity index (χ0) is 15.0. The third-order valence-electron chi connectivity index (χ3n) is 2.84. The molecule has 0 aliphatic rings. The van der Waals surface area contributed by atoms with E-state index in [0.717, 1.165) is 12.8 Å². The Hall–Kier alpha value is -1.24. The third kappa shape index (κ3) is 5.03. The van der Waals surface area contributed by atoms with Crippen LogP contribution in [0.25, 0.3) is 0 Å². The molecule has 0 fully saturated rings. The molecule has 1 rings (SSSR count). The molecule has 1 N–H and O–H groups in total. The van der Waals surface area contributed by atoms with Crippen molar-refractivity contribution < 1.29 is 17.9 Å². The van der Waals surface area contributed by atoms with E-state index in [-0.39, 0.29) is 17.2 Å². The van der Waals surface area contributed by atoms with Gasteiger partial charge < -0.3 is 4.74 Å². The summed E-state index contributed by atoms with van der Waals surface area (Å²) in [6, 6.07) is 6.02. The van der Waals surface area contributed by atoms with Gasteiger partial charge in [0.25, 0.3) is 0 Å². The number of Topliss-reactive ketones (excluding diaryl/α,β-unsaturated/α-hetero) is 1. The van der Waals surface area contributed by atoms with Gasteiger partial charge in [-0.3, -0.25) is 4.79 Å². The lowest BCUT2D eigenvalue weighted by Crippen LogP contribution is -2.27. The number of ether oxygens (including phenoxy) is 1. The van der Waals surface area contributed by atoms with E-state index in [1.807, 2.05) is 6.92 Å². The Morgan fingerprint density at radius 3 is 2.45 bits per heavy atom. The molecule has 1 aromatic carbocycles. The van der Waals surface area contributed by atoms with E-state index in [2.05, 4.69) is 4.72 Å². The summed E-state index contributed by atoms with van der Waals surface area (Å²) in [4.78, 5) is 11.9. The Morgan fingerprint density at radius 1 is 1.25 bits per heavy atom. The summed E-state index contributed by atoms with van der Waals surface area (Å²) in [5, 5.41) is 0. The van der Waals surface area contributed by atoms with Crippen LogP contribution in [-0.4, -0.2) is 34.5 Å². The number of nitrogens with one attached hydrogen (secondary N) is 1. The van der Waals surface area contributed by atoms with Crippen molar-refractivity contribution in [3.05, 3.63) is 29.8 Å². The molecule has 0 aliphatic carbocycles. The van der Waals surface area contributed by atoms with Crippen molar-refractivity contribution in [2.45, 2.75) is 31.1 Å². The van der Waals surface area contributed by atoms with Gasteiger partial charge in [-0.15, -0.1) is 0 Å². The molecule has 1 aromatic rings. The van der Waals surface area contributed by atoms with Crippen LogP contribution in [0.5, 0.6) is 0 Å². The average Bonchev–Trinajstić information content (AvgIpc) is 2.45. The van der Waals surface area contributed by atoms with Crippen LogP contribution >= 0.6 is 0 Å². The van der Waals surface area contributed by atoms with Gasteiger partial charge in [-0.25, -0.2) is 13.1 Å². The SMILES string of the molecule is CCCCC(=O)c1ccc(S(=O)(=O)NCCOC)cc1. The maximum Gasteiger partial charge on any atom is 0.240 e. The van der Waals surface area contributed by atoms with Crippen LogP contribution < -0.4 is 4.72 Å². The number of ketones is 1. The minimum atomic E-state index is -3.53. The van der Waals surface area contributed by atoms with Gasteiger partial charge in [0.15, 0.2) is 5.78 Å². The highest BCUT2D eigenvalue weighted by Crippen LogP contribution is 2.13. The Balaban J connectivity index is 2.72. The number of hydrogen-bond donors (Lipinski definition) is 1. The van der Waals surface area contributed by atoms with E-state index in [1.54, 1.807) is 12.1 Å². The number of carbonyl (C=O) groups excluding carboxylic acids is 1. The predicted octanol–water partition coefficient (Wildman–Crippen LogP) is 1.98. The highest BCUT2D eigenvalue weighted by atomic mass is 32.2. The van der Waals surface area contributed by atoms with E-state index in [0.29, 0.717) is 18.6 Å². The molecule has 0 saturated heterocycles. The molecule has 0 heterocycles. The highest BCUT2D eigenvalue weighted by Gasteiger charge is 2.14. The van der Waals surface area contributed by atoms with Gasteiger partial charge in [-0.1, -0.05) is 25.5 Å². The minimum Gasteiger partial charge on any atom is -0.383 e. The van der Waals surface area contributed by atoms with Crippen molar-refractivity contribution in [2.24, 2.45) is 0 Å². The van der Waals surface area contributed by atoms with Crippen molar-refractivity contribution in [3.63, 3.8) is 0 Å². The number of unbranched alkanes of at least 4 members (excludes halogenated alkanes) is 1. The normalized spacial score (nSPS) is 11.5. The summed E-state index contributed by atoms with van der Waals surface area (Å²) in [7, 11) is -2.03. The molecule has 0 unspecified atom stereocenters. The Kier molecular flexibility index (Phi) is 6.84. The first-order chi connectivity index (χ1) is 9.51. The van der Waals surface area contributed by atoms with Crippen molar-refractivity contribution in [2.75, 3.05) is 20.3 Å². The molecule has 0 bridgehead atoms. The van der Waals surface area contributed by atoms with Crippen LogP contribution in [0.2, 0.25) is 0 Å². The van der Waals surface area contributed by atoms with E-state index in [1.165, 1.54) is 19.2 Å². The summed E-state index contributed by atoms with van der Waals surface area (Å²) in [5.74, 6) is 0.0446. The topological polar surface area (TPSA) is 72.5 Å². The van der Waals surface area contributed by atoms with Gasteiger partial charge >= 0.3 is 0 Å². The average molecular weight is 299 g/mol. The fourth-order valence-corrected chi connectivity index (χ4v) is 2.68. The van der Waals surface area contributed by atoms with Gasteiger partial charge in [0.2, 0.25) is 10.0 Å². The van der Waals surface area contributed by atoms with Crippen LogP contribution in [-0.2, 0) is 14.8 Å². The minimum absolute atomic E-state index is 0.0446. The molecule has 0 radical (unpaired) electrons. The molecule has 112 valence electrons. The monoisotopic (exact) mass is 299 g/mol. The van der Waals surface area contributed by atoms with Crippen molar-refractivity contribution >= 4 is 15.8 Å². The second kappa shape index (κ2) is 8.14. The van der Waals surface area contributed by atoms with Crippen molar-refractivity contribution in [3.8, 4) is 0 Å². The number of benzene rings is 1. The van der Waals surface area contributed by atoms with Crippen LogP contribution in [0.1, 0.15) is 36.5 Å². The van der Waals surface area contributed by atoms with Crippen LogP contribution in [0.15, 0.2) is 29.2 Å². The fourth-order valence-electron chi connectivity index (χ4n) is 1.66. The van der Waals surface area contributed by atoms with Crippen molar-refractivity contribution in [1.29, 1.82) is 0 Å². The van der Waals surface area contributed by atoms with Gasteiger partial charge in [-0.2, -0.15) is 0 Å². The second-order valence-corrected chi connectivity index (χ2v) is 6.21. The summed E-state index contributed by atoms with van der Waals surface area (Å²) in [5.41, 5.74) is 0.550. The summed E-state index contributed by atoms with van der Waals surface area (Å²) in [6.45, 7) is 2.55. The Bertz CT molecular complexity index is 523. The second-order valence-electron chi connectivity index (χ2n) is 4.44. The van der Waals surface area contributed by atoms with Crippen LogP contribution in [0.3, 0.4) is 0 Å². The van der Waals surface area contributed by atoms with Gasteiger partial charge in [0, 0.05) is 25.6 Å². The molecule has 0 saturated carbocycles. The summed E-state index contributed by atoms with van der Waals surface area (Å²) >= 11 is 0. The van der Waals surface area contributed by atoms with Crippen LogP contribution in [0.4, 0.5) is 0 Å². The molecule has 0 aliphatic heterocycles. The lowest BCUT2D eigenvalue weighted by Gasteiger charge is -2.07. The zero-order valence-electron chi connectivity index (χ0n) is 11.9. The lowest BCUT2D eigenvalue weighted by molar-refractivity contribution is 0.0979. The molecule has 6 heteroatoms. The largest absolute Gasteiger partial charge is 0.383 e. The van der Waals surface area contributed by atoms with E-state index in [9.17, 15) is 13.2 Å². The van der Waals surface area contributed by atoms with Crippen LogP contribution in [0, 0.1) is 0 Å². The number of rotatable bonds is 9. The molecular formula is C14H21NO4S. The van der Waals surface area contributed by atoms with E-state index in [4.69, 9.17) is 4.74 Å². The number of carbonyl (C=O) groups is 1. The lowest BCUT2D eigenvalue weighted by atomic mass is 10.1. The standard InChI is InChI=1S/C14H21NO4S/c1-3-4-5-14(16)12-6-8-13(9-7-12)20(17,18)15-10-11-19-2/h6-9,15H,3-5,10-11H2,1-2H3. The summed E-state index contributed by atoms with van der Waals surface area (Å²) in [6.07, 6.45) is 2.30. The first-order valence-electron chi connectivity index (χ1n) is 6.63. The zero-order valence-corrected chi connectivity index (χ0v) is 12.7. The first kappa shape index (κ1) is 16.8. The predicted molar refractivity (Wildman–Crippen MR) is 77.4 cm³/mol. The highest BCUT2D eigenvalue weighted by molar-refractivity contribution is 7.89. The van der Waals surface area contributed by atoms with E-state index < -0.39 is 10.0 Å². The Labute approximate surface area is 120 Å². The summed E-state index contributed by atoms with van der Waals surface area (Å²) < 4.78 is 31.0.